The summed E-state index contributed by atoms with van der Waals surface area (Å²) >= 11 is 1.57. The van der Waals surface area contributed by atoms with Crippen molar-refractivity contribution in [1.82, 2.24) is 4.98 Å². The minimum atomic E-state index is -0.902. The lowest BCUT2D eigenvalue weighted by atomic mass is 10.2. The zero-order valence-electron chi connectivity index (χ0n) is 7.64. The molecule has 0 saturated carbocycles. The monoisotopic (exact) mass is 223 g/mol. The Labute approximate surface area is 89.1 Å². The number of thiazole rings is 1. The van der Waals surface area contributed by atoms with Crippen LogP contribution in [0.2, 0.25) is 0 Å². The van der Waals surface area contributed by atoms with Crippen LogP contribution in [-0.2, 0) is 10.8 Å². The molecular formula is C10H9NOS2. The van der Waals surface area contributed by atoms with Crippen molar-refractivity contribution in [1.29, 1.82) is 0 Å². The molecule has 0 spiro atoms. The smallest absolute Gasteiger partial charge is 0.0811 e. The molecule has 0 radical (unpaired) electrons. The van der Waals surface area contributed by atoms with Crippen molar-refractivity contribution in [3.05, 3.63) is 35.2 Å². The summed E-state index contributed by atoms with van der Waals surface area (Å²) in [6.45, 7) is 0. The van der Waals surface area contributed by atoms with E-state index >= 15 is 0 Å². The Balaban J connectivity index is 2.36. The van der Waals surface area contributed by atoms with E-state index in [9.17, 15) is 4.21 Å². The molecule has 1 atom stereocenters. The number of rotatable bonds is 2. The fourth-order valence-corrected chi connectivity index (χ4v) is 2.25. The summed E-state index contributed by atoms with van der Waals surface area (Å²) < 4.78 is 11.1. The molecule has 1 aromatic carbocycles. The third-order valence-corrected chi connectivity index (χ3v) is 3.44. The molecule has 1 heterocycles. The molecule has 0 aliphatic carbocycles. The van der Waals surface area contributed by atoms with Crippen LogP contribution in [0.1, 0.15) is 0 Å². The number of aromatic nitrogens is 1. The number of nitrogens with zero attached hydrogens (tertiary/aromatic N) is 1. The van der Waals surface area contributed by atoms with E-state index in [0.717, 1.165) is 16.2 Å². The van der Waals surface area contributed by atoms with Crippen molar-refractivity contribution in [3.8, 4) is 11.3 Å². The van der Waals surface area contributed by atoms with Gasteiger partial charge in [0.05, 0.1) is 11.2 Å². The lowest BCUT2D eigenvalue weighted by Gasteiger charge is -1.98. The van der Waals surface area contributed by atoms with E-state index in [1.165, 1.54) is 0 Å². The first-order chi connectivity index (χ1) is 6.77. The van der Waals surface area contributed by atoms with Crippen LogP contribution in [0.4, 0.5) is 0 Å². The highest BCUT2D eigenvalue weighted by Gasteiger charge is 2.00. The highest BCUT2D eigenvalue weighted by atomic mass is 32.2. The summed E-state index contributed by atoms with van der Waals surface area (Å²) in [5.41, 5.74) is 3.85. The number of hydrogen-bond acceptors (Lipinski definition) is 3. The Morgan fingerprint density at radius 2 is 2.00 bits per heavy atom. The van der Waals surface area contributed by atoms with Crippen LogP contribution in [0.25, 0.3) is 11.3 Å². The summed E-state index contributed by atoms with van der Waals surface area (Å²) in [4.78, 5) is 5.05. The first-order valence-corrected chi connectivity index (χ1v) is 6.59. The van der Waals surface area contributed by atoms with Gasteiger partial charge < -0.3 is 0 Å². The van der Waals surface area contributed by atoms with Gasteiger partial charge in [-0.3, -0.25) is 4.21 Å². The van der Waals surface area contributed by atoms with E-state index < -0.39 is 10.8 Å². The van der Waals surface area contributed by atoms with Crippen LogP contribution in [0, 0.1) is 0 Å². The van der Waals surface area contributed by atoms with Crippen molar-refractivity contribution in [2.24, 2.45) is 0 Å². The maximum absolute atomic E-state index is 11.1. The molecule has 2 rings (SSSR count). The van der Waals surface area contributed by atoms with Crippen LogP contribution in [0.5, 0.6) is 0 Å². The molecule has 0 fully saturated rings. The Kier molecular flexibility index (Phi) is 2.74. The molecule has 0 saturated heterocycles. The maximum atomic E-state index is 11.1. The Hall–Kier alpha value is -1.00. The zero-order valence-corrected chi connectivity index (χ0v) is 9.27. The van der Waals surface area contributed by atoms with Gasteiger partial charge in [-0.2, -0.15) is 0 Å². The Bertz CT molecular complexity index is 434. The summed E-state index contributed by atoms with van der Waals surface area (Å²) in [5.74, 6) is 0. The second-order valence-electron chi connectivity index (χ2n) is 2.85. The lowest BCUT2D eigenvalue weighted by molar-refractivity contribution is 0.687. The molecule has 4 heteroatoms. The predicted molar refractivity (Wildman–Crippen MR) is 59.9 cm³/mol. The molecule has 2 nitrogen and oxygen atoms in total. The second kappa shape index (κ2) is 4.02. The van der Waals surface area contributed by atoms with Crippen LogP contribution in [0.3, 0.4) is 0 Å². The normalized spacial score (nSPS) is 12.6. The van der Waals surface area contributed by atoms with E-state index in [0.29, 0.717) is 0 Å². The van der Waals surface area contributed by atoms with Crippen molar-refractivity contribution < 1.29 is 4.21 Å². The second-order valence-corrected chi connectivity index (χ2v) is 4.95. The van der Waals surface area contributed by atoms with Crippen molar-refractivity contribution in [3.63, 3.8) is 0 Å². The van der Waals surface area contributed by atoms with Gasteiger partial charge in [-0.1, -0.05) is 12.1 Å². The van der Waals surface area contributed by atoms with Gasteiger partial charge in [0, 0.05) is 32.9 Å². The fourth-order valence-electron chi connectivity index (χ4n) is 1.17. The van der Waals surface area contributed by atoms with Crippen LogP contribution in [0.15, 0.2) is 40.1 Å². The SMILES string of the molecule is CS(=O)c1ccc(-c2cscn2)cc1. The lowest BCUT2D eigenvalue weighted by Crippen LogP contribution is -1.86. The van der Waals surface area contributed by atoms with E-state index in [1.54, 1.807) is 23.1 Å². The van der Waals surface area contributed by atoms with Crippen molar-refractivity contribution in [2.45, 2.75) is 4.90 Å². The minimum Gasteiger partial charge on any atom is -0.255 e. The predicted octanol–water partition coefficient (Wildman–Crippen LogP) is 2.55. The van der Waals surface area contributed by atoms with E-state index in [1.807, 2.05) is 29.6 Å². The van der Waals surface area contributed by atoms with Crippen LogP contribution in [-0.4, -0.2) is 15.4 Å². The van der Waals surface area contributed by atoms with Gasteiger partial charge in [0.15, 0.2) is 0 Å². The van der Waals surface area contributed by atoms with Crippen LogP contribution >= 0.6 is 11.3 Å². The molecule has 0 N–H and O–H groups in total. The number of benzene rings is 1. The summed E-state index contributed by atoms with van der Waals surface area (Å²) in [7, 11) is -0.902. The zero-order chi connectivity index (χ0) is 9.97. The van der Waals surface area contributed by atoms with Gasteiger partial charge >= 0.3 is 0 Å². The van der Waals surface area contributed by atoms with Gasteiger partial charge in [0.2, 0.25) is 0 Å². The number of hydrogen-bond donors (Lipinski definition) is 0. The van der Waals surface area contributed by atoms with Crippen LogP contribution < -0.4 is 0 Å². The standard InChI is InChI=1S/C10H9NOS2/c1-14(12)9-4-2-8(3-5-9)10-6-13-7-11-10/h2-7H,1H3. The highest BCUT2D eigenvalue weighted by molar-refractivity contribution is 7.84. The molecule has 0 aliphatic heterocycles. The Morgan fingerprint density at radius 3 is 2.50 bits per heavy atom. The largest absolute Gasteiger partial charge is 0.255 e. The molecule has 2 aromatic rings. The topological polar surface area (TPSA) is 30.0 Å². The fraction of sp³-hybridized carbons (Fsp3) is 0.100. The molecule has 72 valence electrons. The molecule has 1 unspecified atom stereocenters. The quantitative estimate of drug-likeness (QED) is 0.783. The molecule has 0 amide bonds. The van der Waals surface area contributed by atoms with Gasteiger partial charge in [-0.25, -0.2) is 4.98 Å². The first-order valence-electron chi connectivity index (χ1n) is 4.09. The molecule has 0 bridgehead atoms. The minimum absolute atomic E-state index is 0.851. The molecule has 14 heavy (non-hydrogen) atoms. The molecule has 0 aliphatic rings. The van der Waals surface area contributed by atoms with Gasteiger partial charge in [0.25, 0.3) is 0 Å². The van der Waals surface area contributed by atoms with Gasteiger partial charge in [0.1, 0.15) is 0 Å². The average Bonchev–Trinajstić information content (AvgIpc) is 2.71. The summed E-state index contributed by atoms with van der Waals surface area (Å²) in [5, 5.41) is 2.00. The van der Waals surface area contributed by atoms with Crippen molar-refractivity contribution >= 4 is 22.1 Å². The average molecular weight is 223 g/mol. The first kappa shape index (κ1) is 9.55. The van der Waals surface area contributed by atoms with E-state index in [-0.39, 0.29) is 0 Å². The third-order valence-electron chi connectivity index (χ3n) is 1.91. The van der Waals surface area contributed by atoms with Gasteiger partial charge in [-0.05, 0) is 12.1 Å². The molecular weight excluding hydrogens is 214 g/mol. The third kappa shape index (κ3) is 1.91. The highest BCUT2D eigenvalue weighted by Crippen LogP contribution is 2.19. The molecule has 1 aromatic heterocycles. The summed E-state index contributed by atoms with van der Waals surface area (Å²) in [6, 6.07) is 7.66. The summed E-state index contributed by atoms with van der Waals surface area (Å²) in [6.07, 6.45) is 1.68. The van der Waals surface area contributed by atoms with E-state index in [2.05, 4.69) is 4.98 Å². The van der Waals surface area contributed by atoms with Crippen molar-refractivity contribution in [2.75, 3.05) is 6.26 Å². The van der Waals surface area contributed by atoms with Gasteiger partial charge in [-0.15, -0.1) is 11.3 Å². The maximum Gasteiger partial charge on any atom is 0.0811 e. The Morgan fingerprint density at radius 1 is 1.29 bits per heavy atom. The van der Waals surface area contributed by atoms with E-state index in [4.69, 9.17) is 0 Å².